The molecule has 2 saturated heterocycles. The van der Waals surface area contributed by atoms with E-state index in [-0.39, 0.29) is 18.4 Å². The van der Waals surface area contributed by atoms with Gasteiger partial charge in [-0.05, 0) is 30.4 Å². The normalized spacial score (nSPS) is 19.6. The van der Waals surface area contributed by atoms with Crippen LogP contribution in [0.4, 0.5) is 0 Å². The predicted molar refractivity (Wildman–Crippen MR) is 109 cm³/mol. The summed E-state index contributed by atoms with van der Waals surface area (Å²) >= 11 is 0. The summed E-state index contributed by atoms with van der Waals surface area (Å²) in [5.41, 5.74) is 1.78. The number of hydrogen-bond acceptors (Lipinski definition) is 3. The van der Waals surface area contributed by atoms with Crippen molar-refractivity contribution in [1.82, 2.24) is 15.1 Å². The van der Waals surface area contributed by atoms with Crippen molar-refractivity contribution in [3.8, 4) is 0 Å². The smallest absolute Gasteiger partial charge is 0.246 e. The van der Waals surface area contributed by atoms with Crippen LogP contribution in [0.1, 0.15) is 24.0 Å². The minimum atomic E-state index is -0.697. The number of carbonyl (C=O) groups excluding carboxylic acids is 2. The second-order valence-electron chi connectivity index (χ2n) is 7.76. The van der Waals surface area contributed by atoms with E-state index in [1.54, 1.807) is 0 Å². The number of benzene rings is 2. The topological polar surface area (TPSA) is 52.7 Å². The van der Waals surface area contributed by atoms with Gasteiger partial charge in [0.2, 0.25) is 11.8 Å². The first-order valence-electron chi connectivity index (χ1n) is 10.1. The molecule has 2 aromatic rings. The molecule has 0 radical (unpaired) electrons. The van der Waals surface area contributed by atoms with Gasteiger partial charge in [0.15, 0.2) is 0 Å². The van der Waals surface area contributed by atoms with Crippen molar-refractivity contribution in [1.29, 1.82) is 0 Å². The lowest BCUT2D eigenvalue weighted by Crippen LogP contribution is -2.70. The summed E-state index contributed by atoms with van der Waals surface area (Å²) in [6.45, 7) is 3.23. The van der Waals surface area contributed by atoms with E-state index in [0.717, 1.165) is 26.1 Å². The van der Waals surface area contributed by atoms with Gasteiger partial charge in [-0.3, -0.25) is 14.5 Å². The molecule has 0 aromatic heterocycles. The highest BCUT2D eigenvalue weighted by Crippen LogP contribution is 2.32. The quantitative estimate of drug-likeness (QED) is 0.869. The van der Waals surface area contributed by atoms with Crippen LogP contribution in [0.25, 0.3) is 0 Å². The third-order valence-electron chi connectivity index (χ3n) is 6.04. The summed E-state index contributed by atoms with van der Waals surface area (Å²) < 4.78 is 0. The molecule has 0 atom stereocenters. The molecule has 0 aliphatic carbocycles. The lowest BCUT2D eigenvalue weighted by molar-refractivity contribution is -0.157. The Kier molecular flexibility index (Phi) is 5.44. The first-order valence-corrected chi connectivity index (χ1v) is 10.1. The van der Waals surface area contributed by atoms with E-state index >= 15 is 0 Å². The van der Waals surface area contributed by atoms with Crippen molar-refractivity contribution < 1.29 is 9.59 Å². The molecule has 0 saturated carbocycles. The molecular weight excluding hydrogens is 350 g/mol. The Morgan fingerprint density at radius 3 is 2.11 bits per heavy atom. The highest BCUT2D eigenvalue weighted by atomic mass is 16.2. The number of amides is 2. The van der Waals surface area contributed by atoms with Crippen LogP contribution >= 0.6 is 0 Å². The minimum absolute atomic E-state index is 0.0134. The monoisotopic (exact) mass is 377 g/mol. The molecule has 5 nitrogen and oxygen atoms in total. The second-order valence-corrected chi connectivity index (χ2v) is 7.76. The van der Waals surface area contributed by atoms with Gasteiger partial charge in [0.25, 0.3) is 0 Å². The number of nitrogens with one attached hydrogen (secondary N) is 1. The Labute approximate surface area is 166 Å². The number of piperidine rings is 1. The number of likely N-dealkylation sites (tertiary alicyclic amines) is 1. The van der Waals surface area contributed by atoms with Gasteiger partial charge in [-0.25, -0.2) is 0 Å². The third-order valence-corrected chi connectivity index (χ3v) is 6.04. The van der Waals surface area contributed by atoms with Gasteiger partial charge in [-0.2, -0.15) is 0 Å². The average molecular weight is 377 g/mol. The zero-order valence-corrected chi connectivity index (χ0v) is 16.1. The zero-order valence-electron chi connectivity index (χ0n) is 16.1. The molecule has 1 N–H and O–H groups in total. The minimum Gasteiger partial charge on any atom is -0.345 e. The van der Waals surface area contributed by atoms with Crippen molar-refractivity contribution in [2.24, 2.45) is 0 Å². The Morgan fingerprint density at radius 1 is 0.857 bits per heavy atom. The number of carbonyl (C=O) groups is 2. The molecule has 2 heterocycles. The van der Waals surface area contributed by atoms with Gasteiger partial charge in [0.1, 0.15) is 5.54 Å². The van der Waals surface area contributed by atoms with Crippen LogP contribution in [0, 0.1) is 0 Å². The molecule has 1 spiro atoms. The summed E-state index contributed by atoms with van der Waals surface area (Å²) in [6.07, 6.45) is 2.15. The van der Waals surface area contributed by atoms with Crippen molar-refractivity contribution in [2.45, 2.75) is 31.3 Å². The first-order chi connectivity index (χ1) is 13.7. The summed E-state index contributed by atoms with van der Waals surface area (Å²) in [5.74, 6) is 0.0477. The highest BCUT2D eigenvalue weighted by molar-refractivity contribution is 5.98. The highest BCUT2D eigenvalue weighted by Gasteiger charge is 2.50. The molecule has 2 aliphatic heterocycles. The van der Waals surface area contributed by atoms with E-state index in [4.69, 9.17) is 0 Å². The van der Waals surface area contributed by atoms with Crippen LogP contribution < -0.4 is 5.32 Å². The van der Waals surface area contributed by atoms with Crippen LogP contribution in [0.2, 0.25) is 0 Å². The van der Waals surface area contributed by atoms with Crippen molar-refractivity contribution in [3.63, 3.8) is 0 Å². The fourth-order valence-electron chi connectivity index (χ4n) is 4.42. The van der Waals surface area contributed by atoms with Gasteiger partial charge >= 0.3 is 0 Å². The molecule has 4 rings (SSSR count). The van der Waals surface area contributed by atoms with Crippen LogP contribution in [0.15, 0.2) is 60.7 Å². The summed E-state index contributed by atoms with van der Waals surface area (Å²) in [5, 5.41) is 2.84. The van der Waals surface area contributed by atoms with E-state index in [1.165, 1.54) is 11.1 Å². The Bertz CT molecular complexity index is 814. The lowest BCUT2D eigenvalue weighted by Gasteiger charge is -2.50. The summed E-state index contributed by atoms with van der Waals surface area (Å²) in [6, 6.07) is 20.6. The zero-order chi connectivity index (χ0) is 19.4. The lowest BCUT2D eigenvalue weighted by atomic mass is 9.82. The SMILES string of the molecule is O=C1CNC(=O)C2(CCN(Cc3ccccc3)CC2)N1CCc1ccccc1. The molecule has 146 valence electrons. The third kappa shape index (κ3) is 3.80. The van der Waals surface area contributed by atoms with Crippen molar-refractivity contribution in [3.05, 3.63) is 71.8 Å². The average Bonchev–Trinajstić information content (AvgIpc) is 2.74. The van der Waals surface area contributed by atoms with E-state index in [0.29, 0.717) is 19.4 Å². The molecular formula is C23H27N3O2. The fourth-order valence-corrected chi connectivity index (χ4v) is 4.42. The molecule has 2 aromatic carbocycles. The molecule has 2 aliphatic rings. The van der Waals surface area contributed by atoms with E-state index in [9.17, 15) is 9.59 Å². The van der Waals surface area contributed by atoms with Crippen LogP contribution in [-0.4, -0.2) is 53.3 Å². The van der Waals surface area contributed by atoms with Crippen molar-refractivity contribution in [2.75, 3.05) is 26.2 Å². The molecule has 2 amide bonds. The Morgan fingerprint density at radius 2 is 1.46 bits per heavy atom. The van der Waals surface area contributed by atoms with Gasteiger partial charge in [0, 0.05) is 26.2 Å². The maximum absolute atomic E-state index is 12.9. The van der Waals surface area contributed by atoms with Gasteiger partial charge in [0.05, 0.1) is 6.54 Å². The van der Waals surface area contributed by atoms with E-state index in [1.807, 2.05) is 29.2 Å². The van der Waals surface area contributed by atoms with Crippen LogP contribution in [0.3, 0.4) is 0 Å². The molecule has 0 unspecified atom stereocenters. The maximum atomic E-state index is 12.9. The first kappa shape index (κ1) is 18.7. The largest absolute Gasteiger partial charge is 0.345 e. The number of rotatable bonds is 5. The fraction of sp³-hybridized carbons (Fsp3) is 0.391. The van der Waals surface area contributed by atoms with Gasteiger partial charge < -0.3 is 10.2 Å². The van der Waals surface area contributed by atoms with Crippen molar-refractivity contribution >= 4 is 11.8 Å². The number of nitrogens with zero attached hydrogens (tertiary/aromatic N) is 2. The van der Waals surface area contributed by atoms with Gasteiger partial charge in [-0.15, -0.1) is 0 Å². The summed E-state index contributed by atoms with van der Waals surface area (Å²) in [7, 11) is 0. The van der Waals surface area contributed by atoms with Gasteiger partial charge in [-0.1, -0.05) is 60.7 Å². The van der Waals surface area contributed by atoms with E-state index in [2.05, 4.69) is 46.6 Å². The maximum Gasteiger partial charge on any atom is 0.246 e. The molecule has 28 heavy (non-hydrogen) atoms. The molecule has 0 bridgehead atoms. The number of piperazine rings is 1. The second kappa shape index (κ2) is 8.15. The summed E-state index contributed by atoms with van der Waals surface area (Å²) in [4.78, 5) is 29.8. The van der Waals surface area contributed by atoms with Crippen LogP contribution in [-0.2, 0) is 22.6 Å². The van der Waals surface area contributed by atoms with Crippen LogP contribution in [0.5, 0.6) is 0 Å². The standard InChI is InChI=1S/C23H27N3O2/c27-21-17-24-22(28)23(26(21)14-11-19-7-3-1-4-8-19)12-15-25(16-13-23)18-20-9-5-2-6-10-20/h1-10H,11-18H2,(H,24,28). The molecule has 5 heteroatoms. The Balaban J connectivity index is 1.45. The van der Waals surface area contributed by atoms with E-state index < -0.39 is 5.54 Å². The predicted octanol–water partition coefficient (Wildman–Crippen LogP) is 2.22. The Hall–Kier alpha value is -2.66. The molecule has 2 fully saturated rings. The number of hydrogen-bond donors (Lipinski definition) is 1.